The fourth-order valence-corrected chi connectivity index (χ4v) is 5.53. The molecule has 3 aromatic rings. The van der Waals surface area contributed by atoms with Crippen LogP contribution in [0.15, 0.2) is 46.5 Å². The molecule has 0 unspecified atom stereocenters. The molecule has 1 amide bonds. The van der Waals surface area contributed by atoms with Crippen molar-refractivity contribution in [3.8, 4) is 11.4 Å². The third-order valence-corrected chi connectivity index (χ3v) is 7.60. The molecule has 0 bridgehead atoms. The normalized spacial score (nSPS) is 14.5. The number of amides is 1. The van der Waals surface area contributed by atoms with Gasteiger partial charge in [0.2, 0.25) is 11.0 Å². The van der Waals surface area contributed by atoms with E-state index in [1.807, 2.05) is 28.8 Å². The number of benzene rings is 1. The number of hydrogen-bond donors (Lipinski definition) is 1. The lowest BCUT2D eigenvalue weighted by Gasteiger charge is -2.18. The first-order chi connectivity index (χ1) is 15.1. The highest BCUT2D eigenvalue weighted by Gasteiger charge is 2.20. The Labute approximate surface area is 197 Å². The van der Waals surface area contributed by atoms with E-state index in [2.05, 4.69) is 48.2 Å². The lowest BCUT2D eigenvalue weighted by atomic mass is 9.90. The number of aromatic nitrogens is 5. The van der Waals surface area contributed by atoms with Crippen LogP contribution in [-0.2, 0) is 11.3 Å². The number of carbonyl (C=O) groups excluding carboxylic acids is 1. The summed E-state index contributed by atoms with van der Waals surface area (Å²) in [5.41, 5.74) is 0.956. The number of carbonyl (C=O) groups is 1. The second-order valence-corrected chi connectivity index (χ2v) is 10.2. The van der Waals surface area contributed by atoms with Crippen LogP contribution in [0.1, 0.15) is 43.0 Å². The topological polar surface area (TPSA) is 85.6 Å². The van der Waals surface area contributed by atoms with E-state index in [0.717, 1.165) is 33.7 Å². The molecular weight excluding hydrogens is 496 g/mol. The second-order valence-electron chi connectivity index (χ2n) is 7.33. The molecule has 1 fully saturated rings. The zero-order valence-corrected chi connectivity index (χ0v) is 20.2. The minimum atomic E-state index is -0.130. The second kappa shape index (κ2) is 10.5. The largest absolute Gasteiger partial charge is 0.300 e. The molecule has 1 N–H and O–H groups in total. The molecule has 7 nitrogen and oxygen atoms in total. The van der Waals surface area contributed by atoms with Crippen molar-refractivity contribution in [1.29, 1.82) is 0 Å². The number of halogens is 1. The molecule has 2 heterocycles. The molecule has 1 aromatic carbocycles. The van der Waals surface area contributed by atoms with E-state index in [1.54, 1.807) is 6.08 Å². The van der Waals surface area contributed by atoms with Crippen LogP contribution in [0.25, 0.3) is 11.4 Å². The van der Waals surface area contributed by atoms with Crippen LogP contribution in [0.4, 0.5) is 5.13 Å². The average Bonchev–Trinajstić information content (AvgIpc) is 3.41. The van der Waals surface area contributed by atoms with Gasteiger partial charge in [-0.3, -0.25) is 14.7 Å². The predicted molar refractivity (Wildman–Crippen MR) is 128 cm³/mol. The molecule has 0 spiro atoms. The molecule has 162 valence electrons. The lowest BCUT2D eigenvalue weighted by molar-refractivity contribution is -0.113. The van der Waals surface area contributed by atoms with Gasteiger partial charge in [0.05, 0.1) is 5.75 Å². The molecule has 31 heavy (non-hydrogen) atoms. The Bertz CT molecular complexity index is 1040. The van der Waals surface area contributed by atoms with Crippen molar-refractivity contribution in [2.75, 3.05) is 11.1 Å². The first kappa shape index (κ1) is 22.2. The summed E-state index contributed by atoms with van der Waals surface area (Å²) in [5.74, 6) is 1.32. The summed E-state index contributed by atoms with van der Waals surface area (Å²) in [4.78, 5) is 12.5. The highest BCUT2D eigenvalue weighted by atomic mass is 79.9. The van der Waals surface area contributed by atoms with Gasteiger partial charge in [-0.05, 0) is 25.0 Å². The van der Waals surface area contributed by atoms with Gasteiger partial charge in [-0.15, -0.1) is 27.0 Å². The van der Waals surface area contributed by atoms with Crippen molar-refractivity contribution in [2.45, 2.75) is 49.7 Å². The van der Waals surface area contributed by atoms with Crippen molar-refractivity contribution in [1.82, 2.24) is 25.0 Å². The third kappa shape index (κ3) is 5.61. The molecular formula is C21H23BrN6OS2. The van der Waals surface area contributed by atoms with Gasteiger partial charge in [0, 0.05) is 22.5 Å². The van der Waals surface area contributed by atoms with Gasteiger partial charge in [0.1, 0.15) is 5.01 Å². The summed E-state index contributed by atoms with van der Waals surface area (Å²) >= 11 is 6.28. The number of nitrogens with one attached hydrogen (secondary N) is 1. The summed E-state index contributed by atoms with van der Waals surface area (Å²) in [6.07, 6.45) is 7.92. The highest BCUT2D eigenvalue weighted by molar-refractivity contribution is 9.10. The van der Waals surface area contributed by atoms with Crippen LogP contribution in [0.3, 0.4) is 0 Å². The first-order valence-corrected chi connectivity index (χ1v) is 12.8. The van der Waals surface area contributed by atoms with Gasteiger partial charge in [-0.2, -0.15) is 0 Å². The van der Waals surface area contributed by atoms with Crippen LogP contribution in [-0.4, -0.2) is 36.6 Å². The van der Waals surface area contributed by atoms with Crippen molar-refractivity contribution < 1.29 is 4.79 Å². The van der Waals surface area contributed by atoms with E-state index in [4.69, 9.17) is 0 Å². The molecule has 0 saturated heterocycles. The summed E-state index contributed by atoms with van der Waals surface area (Å²) < 4.78 is 2.96. The summed E-state index contributed by atoms with van der Waals surface area (Å²) in [6, 6.07) is 7.89. The summed E-state index contributed by atoms with van der Waals surface area (Å²) in [5, 5.41) is 22.2. The van der Waals surface area contributed by atoms with E-state index in [9.17, 15) is 4.79 Å². The van der Waals surface area contributed by atoms with Gasteiger partial charge in [0.25, 0.3) is 0 Å². The van der Waals surface area contributed by atoms with Gasteiger partial charge < -0.3 is 0 Å². The van der Waals surface area contributed by atoms with Crippen molar-refractivity contribution in [2.24, 2.45) is 0 Å². The van der Waals surface area contributed by atoms with Gasteiger partial charge in [-0.25, -0.2) is 0 Å². The predicted octanol–water partition coefficient (Wildman–Crippen LogP) is 5.52. The quantitative estimate of drug-likeness (QED) is 0.312. The Morgan fingerprint density at radius 2 is 1.97 bits per heavy atom. The highest BCUT2D eigenvalue weighted by Crippen LogP contribution is 2.35. The number of rotatable bonds is 8. The third-order valence-electron chi connectivity index (χ3n) is 5.10. The molecule has 0 radical (unpaired) electrons. The smallest absolute Gasteiger partial charge is 0.236 e. The Morgan fingerprint density at radius 3 is 2.71 bits per heavy atom. The molecule has 1 aliphatic rings. The van der Waals surface area contributed by atoms with Crippen LogP contribution < -0.4 is 5.32 Å². The first-order valence-electron chi connectivity index (χ1n) is 10.2. The Kier molecular flexibility index (Phi) is 7.52. The van der Waals surface area contributed by atoms with E-state index in [-0.39, 0.29) is 11.7 Å². The molecule has 1 saturated carbocycles. The number of hydrogen-bond acceptors (Lipinski definition) is 7. The van der Waals surface area contributed by atoms with E-state index >= 15 is 0 Å². The average molecular weight is 519 g/mol. The SMILES string of the molecule is C=CCn1c(SCC(=O)Nc2nnc(C3CCCCC3)s2)nnc1-c1ccc(Br)cc1. The van der Waals surface area contributed by atoms with E-state index < -0.39 is 0 Å². The minimum absolute atomic E-state index is 0.130. The number of anilines is 1. The zero-order valence-electron chi connectivity index (χ0n) is 17.0. The van der Waals surface area contributed by atoms with E-state index in [1.165, 1.54) is 42.4 Å². The number of allylic oxidation sites excluding steroid dienone is 1. The minimum Gasteiger partial charge on any atom is -0.300 e. The molecule has 0 aliphatic heterocycles. The number of thioether (sulfide) groups is 1. The molecule has 10 heteroatoms. The van der Waals surface area contributed by atoms with E-state index in [0.29, 0.717) is 22.8 Å². The molecule has 1 aliphatic carbocycles. The number of nitrogens with zero attached hydrogens (tertiary/aromatic N) is 5. The van der Waals surface area contributed by atoms with Gasteiger partial charge in [0.15, 0.2) is 11.0 Å². The summed E-state index contributed by atoms with van der Waals surface area (Å²) in [7, 11) is 0. The molecule has 2 aromatic heterocycles. The van der Waals surface area contributed by atoms with Gasteiger partial charge >= 0.3 is 0 Å². The van der Waals surface area contributed by atoms with Crippen LogP contribution in [0, 0.1) is 0 Å². The fourth-order valence-electron chi connectivity index (χ4n) is 3.59. The van der Waals surface area contributed by atoms with Crippen molar-refractivity contribution in [3.63, 3.8) is 0 Å². The maximum Gasteiger partial charge on any atom is 0.236 e. The lowest BCUT2D eigenvalue weighted by Crippen LogP contribution is -2.14. The monoisotopic (exact) mass is 518 g/mol. The summed E-state index contributed by atoms with van der Waals surface area (Å²) in [6.45, 7) is 4.39. The maximum absolute atomic E-state index is 12.5. The standard InChI is InChI=1S/C21H23BrN6OS2/c1-2-12-28-18(14-8-10-16(22)11-9-14)24-27-21(28)30-13-17(29)23-20-26-25-19(31-20)15-6-4-3-5-7-15/h2,8-11,15H,1,3-7,12-13H2,(H,23,26,29). The Balaban J connectivity index is 1.38. The van der Waals surface area contributed by atoms with Crippen molar-refractivity contribution in [3.05, 3.63) is 46.4 Å². The Hall–Kier alpha value is -2.04. The molecule has 4 rings (SSSR count). The molecule has 0 atom stereocenters. The van der Waals surface area contributed by atoms with Crippen LogP contribution >= 0.6 is 39.0 Å². The Morgan fingerprint density at radius 1 is 1.19 bits per heavy atom. The van der Waals surface area contributed by atoms with Crippen LogP contribution in [0.2, 0.25) is 0 Å². The fraction of sp³-hybridized carbons (Fsp3) is 0.381. The van der Waals surface area contributed by atoms with Gasteiger partial charge in [-0.1, -0.05) is 76.5 Å². The maximum atomic E-state index is 12.5. The van der Waals surface area contributed by atoms with Crippen LogP contribution in [0.5, 0.6) is 0 Å². The zero-order chi connectivity index (χ0) is 21.6. The van der Waals surface area contributed by atoms with Crippen molar-refractivity contribution >= 4 is 50.1 Å².